The second-order valence-electron chi connectivity index (χ2n) is 5.43. The number of rotatable bonds is 5. The fourth-order valence-electron chi connectivity index (χ4n) is 2.33. The Kier molecular flexibility index (Phi) is 5.09. The highest BCUT2D eigenvalue weighted by Crippen LogP contribution is 2.34. The van der Waals surface area contributed by atoms with Gasteiger partial charge < -0.3 is 9.47 Å². The van der Waals surface area contributed by atoms with E-state index < -0.39 is 0 Å². The number of carbonyl (C=O) groups excluding carboxylic acids is 2. The molecule has 0 saturated carbocycles. The van der Waals surface area contributed by atoms with Crippen molar-refractivity contribution in [3.8, 4) is 11.5 Å². The van der Waals surface area contributed by atoms with Crippen LogP contribution in [-0.4, -0.2) is 30.2 Å². The molecule has 0 radical (unpaired) electrons. The van der Waals surface area contributed by atoms with E-state index >= 15 is 0 Å². The lowest BCUT2D eigenvalue weighted by Gasteiger charge is -2.11. The van der Waals surface area contributed by atoms with Gasteiger partial charge in [-0.1, -0.05) is 36.4 Å². The Morgan fingerprint density at radius 3 is 2.48 bits per heavy atom. The molecule has 2 amide bonds. The SMILES string of the molecule is COc1cc(/C=C2\SC(=O)N(C)C2=O)ccc1OCc1ccccc1. The molecule has 0 atom stereocenters. The number of imide groups is 1. The lowest BCUT2D eigenvalue weighted by Crippen LogP contribution is -2.22. The van der Waals surface area contributed by atoms with Gasteiger partial charge in [0.2, 0.25) is 0 Å². The first kappa shape index (κ1) is 17.1. The maximum absolute atomic E-state index is 12.0. The van der Waals surface area contributed by atoms with Crippen molar-refractivity contribution in [1.29, 1.82) is 0 Å². The van der Waals surface area contributed by atoms with E-state index in [1.165, 1.54) is 7.05 Å². The van der Waals surface area contributed by atoms with E-state index in [-0.39, 0.29) is 11.1 Å². The molecule has 2 aromatic rings. The Bertz CT molecular complexity index is 833. The number of likely N-dealkylation sites (N-methyl/N-ethyl adjacent to an activating group) is 1. The van der Waals surface area contributed by atoms with Crippen LogP contribution in [0.5, 0.6) is 11.5 Å². The molecule has 1 aliphatic rings. The van der Waals surface area contributed by atoms with Crippen LogP contribution in [0.4, 0.5) is 4.79 Å². The smallest absolute Gasteiger partial charge is 0.293 e. The number of amides is 2. The Hall–Kier alpha value is -2.73. The zero-order valence-electron chi connectivity index (χ0n) is 13.9. The summed E-state index contributed by atoms with van der Waals surface area (Å²) in [6.45, 7) is 0.436. The number of hydrogen-bond acceptors (Lipinski definition) is 5. The third kappa shape index (κ3) is 3.85. The maximum atomic E-state index is 12.0. The van der Waals surface area contributed by atoms with E-state index in [2.05, 4.69) is 0 Å². The Morgan fingerprint density at radius 2 is 1.84 bits per heavy atom. The number of nitrogens with zero attached hydrogens (tertiary/aromatic N) is 1. The van der Waals surface area contributed by atoms with Gasteiger partial charge in [-0.15, -0.1) is 0 Å². The van der Waals surface area contributed by atoms with Crippen LogP contribution in [0, 0.1) is 0 Å². The molecule has 0 aliphatic carbocycles. The van der Waals surface area contributed by atoms with Crippen molar-refractivity contribution in [1.82, 2.24) is 4.90 Å². The summed E-state index contributed by atoms with van der Waals surface area (Å²) in [7, 11) is 3.04. The number of hydrogen-bond donors (Lipinski definition) is 0. The third-order valence-electron chi connectivity index (χ3n) is 3.71. The first-order valence-electron chi connectivity index (χ1n) is 7.65. The second kappa shape index (κ2) is 7.44. The van der Waals surface area contributed by atoms with Gasteiger partial charge in [0.15, 0.2) is 11.5 Å². The lowest BCUT2D eigenvalue weighted by molar-refractivity contribution is -0.121. The van der Waals surface area contributed by atoms with Crippen molar-refractivity contribution in [2.24, 2.45) is 0 Å². The first-order chi connectivity index (χ1) is 12.1. The molecule has 2 aromatic carbocycles. The van der Waals surface area contributed by atoms with Crippen LogP contribution in [-0.2, 0) is 11.4 Å². The first-order valence-corrected chi connectivity index (χ1v) is 8.46. The van der Waals surface area contributed by atoms with Crippen LogP contribution in [0.3, 0.4) is 0 Å². The molecule has 0 unspecified atom stereocenters. The van der Waals surface area contributed by atoms with Gasteiger partial charge in [-0.3, -0.25) is 14.5 Å². The summed E-state index contributed by atoms with van der Waals surface area (Å²) >= 11 is 0.928. The van der Waals surface area contributed by atoms with Crippen LogP contribution in [0.15, 0.2) is 53.4 Å². The minimum atomic E-state index is -0.293. The lowest BCUT2D eigenvalue weighted by atomic mass is 10.2. The molecule has 25 heavy (non-hydrogen) atoms. The molecule has 0 N–H and O–H groups in total. The Morgan fingerprint density at radius 1 is 1.08 bits per heavy atom. The second-order valence-corrected chi connectivity index (χ2v) is 6.42. The van der Waals surface area contributed by atoms with Gasteiger partial charge >= 0.3 is 0 Å². The van der Waals surface area contributed by atoms with Gasteiger partial charge in [-0.2, -0.15) is 0 Å². The molecule has 0 spiro atoms. The molecule has 0 bridgehead atoms. The average molecular weight is 355 g/mol. The Balaban J connectivity index is 1.78. The van der Waals surface area contributed by atoms with Crippen LogP contribution in [0.1, 0.15) is 11.1 Å². The molecule has 3 rings (SSSR count). The molecule has 0 aromatic heterocycles. The highest BCUT2D eigenvalue weighted by atomic mass is 32.2. The molecule has 1 fully saturated rings. The van der Waals surface area contributed by atoms with E-state index in [4.69, 9.17) is 9.47 Å². The zero-order chi connectivity index (χ0) is 17.8. The largest absolute Gasteiger partial charge is 0.493 e. The predicted molar refractivity (Wildman–Crippen MR) is 97.5 cm³/mol. The minimum absolute atomic E-state index is 0.272. The molecule has 1 aliphatic heterocycles. The van der Waals surface area contributed by atoms with E-state index in [1.54, 1.807) is 25.3 Å². The van der Waals surface area contributed by atoms with Crippen molar-refractivity contribution in [2.45, 2.75) is 6.61 Å². The van der Waals surface area contributed by atoms with Crippen LogP contribution < -0.4 is 9.47 Å². The van der Waals surface area contributed by atoms with Crippen molar-refractivity contribution in [2.75, 3.05) is 14.2 Å². The standard InChI is InChI=1S/C19H17NO4S/c1-20-18(21)17(25-19(20)22)11-14-8-9-15(16(10-14)23-2)24-12-13-6-4-3-5-7-13/h3-11H,12H2,1-2H3/b17-11-. The summed E-state index contributed by atoms with van der Waals surface area (Å²) in [6, 6.07) is 15.3. The van der Waals surface area contributed by atoms with Gasteiger partial charge in [-0.05, 0) is 41.1 Å². The van der Waals surface area contributed by atoms with Crippen molar-refractivity contribution < 1.29 is 19.1 Å². The number of thioether (sulfide) groups is 1. The number of carbonyl (C=O) groups is 2. The van der Waals surface area contributed by atoms with E-state index in [0.717, 1.165) is 27.8 Å². The normalized spacial score (nSPS) is 15.8. The summed E-state index contributed by atoms with van der Waals surface area (Å²) in [5, 5.41) is -0.272. The molecule has 1 saturated heterocycles. The predicted octanol–water partition coefficient (Wildman–Crippen LogP) is 3.94. The highest BCUT2D eigenvalue weighted by Gasteiger charge is 2.31. The monoisotopic (exact) mass is 355 g/mol. The molecule has 1 heterocycles. The van der Waals surface area contributed by atoms with Crippen LogP contribution in [0.2, 0.25) is 0 Å². The van der Waals surface area contributed by atoms with Crippen molar-refractivity contribution >= 4 is 29.0 Å². The summed E-state index contributed by atoms with van der Waals surface area (Å²) < 4.78 is 11.2. The minimum Gasteiger partial charge on any atom is -0.493 e. The highest BCUT2D eigenvalue weighted by molar-refractivity contribution is 8.18. The summed E-state index contributed by atoms with van der Waals surface area (Å²) in [5.41, 5.74) is 1.83. The molecule has 6 heteroatoms. The topological polar surface area (TPSA) is 55.8 Å². The number of ether oxygens (including phenoxy) is 2. The summed E-state index contributed by atoms with van der Waals surface area (Å²) in [4.78, 5) is 25.0. The van der Waals surface area contributed by atoms with Crippen molar-refractivity contribution in [3.05, 3.63) is 64.6 Å². The molecule has 128 valence electrons. The van der Waals surface area contributed by atoms with Gasteiger partial charge in [-0.25, -0.2) is 0 Å². The van der Waals surface area contributed by atoms with Gasteiger partial charge in [0.1, 0.15) is 6.61 Å². The quantitative estimate of drug-likeness (QED) is 0.761. The average Bonchev–Trinajstić information content (AvgIpc) is 2.88. The summed E-state index contributed by atoms with van der Waals surface area (Å²) in [6.07, 6.45) is 1.68. The third-order valence-corrected chi connectivity index (χ3v) is 4.67. The van der Waals surface area contributed by atoms with E-state index in [9.17, 15) is 9.59 Å². The summed E-state index contributed by atoms with van der Waals surface area (Å²) in [5.74, 6) is 0.894. The van der Waals surface area contributed by atoms with E-state index in [0.29, 0.717) is 23.0 Å². The maximum Gasteiger partial charge on any atom is 0.293 e. The Labute approximate surface area is 150 Å². The zero-order valence-corrected chi connectivity index (χ0v) is 14.7. The van der Waals surface area contributed by atoms with Crippen LogP contribution >= 0.6 is 11.8 Å². The molecular weight excluding hydrogens is 338 g/mol. The van der Waals surface area contributed by atoms with Gasteiger partial charge in [0.25, 0.3) is 11.1 Å². The van der Waals surface area contributed by atoms with Crippen LogP contribution in [0.25, 0.3) is 6.08 Å². The fraction of sp³-hybridized carbons (Fsp3) is 0.158. The molecular formula is C19H17NO4S. The van der Waals surface area contributed by atoms with Gasteiger partial charge in [0, 0.05) is 7.05 Å². The number of methoxy groups -OCH3 is 1. The van der Waals surface area contributed by atoms with Crippen molar-refractivity contribution in [3.63, 3.8) is 0 Å². The van der Waals surface area contributed by atoms with E-state index in [1.807, 2.05) is 36.4 Å². The fourth-order valence-corrected chi connectivity index (χ4v) is 3.15. The van der Waals surface area contributed by atoms with Gasteiger partial charge in [0.05, 0.1) is 12.0 Å². The molecule has 5 nitrogen and oxygen atoms in total. The number of benzene rings is 2.